The molecule has 288 valence electrons. The van der Waals surface area contributed by atoms with Crippen LogP contribution in [-0.4, -0.2) is 75.5 Å². The molecule has 11 nitrogen and oxygen atoms in total. The number of aromatic nitrogens is 2. The Balaban J connectivity index is 1.14. The highest BCUT2D eigenvalue weighted by Crippen LogP contribution is 2.47. The molecule has 55 heavy (non-hydrogen) atoms. The molecule has 12 heteroatoms. The molecule has 2 aromatic carbocycles. The summed E-state index contributed by atoms with van der Waals surface area (Å²) < 4.78 is 12.5. The highest BCUT2D eigenvalue weighted by Gasteiger charge is 2.62. The predicted octanol–water partition coefficient (Wildman–Crippen LogP) is 6.88. The van der Waals surface area contributed by atoms with Crippen molar-refractivity contribution < 1.29 is 23.9 Å². The number of rotatable bonds is 8. The molecule has 3 amide bonds. The van der Waals surface area contributed by atoms with Gasteiger partial charge in [0.2, 0.25) is 17.7 Å². The number of amides is 3. The number of nitrogens with zero attached hydrogens (tertiary/aromatic N) is 3. The quantitative estimate of drug-likeness (QED) is 0.166. The molecule has 3 fully saturated rings. The third-order valence-corrected chi connectivity index (χ3v) is 12.7. The zero-order valence-electron chi connectivity index (χ0n) is 32.0. The Hall–Kier alpha value is -4.97. The number of nitrogens with one attached hydrogen (secondary N) is 3. The SMILES string of the molecule is COc1ccc2c(O[C@@H]3C[C@H]4C(=O)N[C@]5(C(=O)NC6(C)CC6)C[C@H]5/C=C\CCCCC[C@H](Nc5ccccc5)C(=O)N4C3)cc(-c3nc(C)cs3)nc2c1C. The Labute approximate surface area is 326 Å². The molecule has 1 saturated heterocycles. The van der Waals surface area contributed by atoms with Gasteiger partial charge in [-0.3, -0.25) is 14.4 Å². The topological polar surface area (TPSA) is 135 Å². The van der Waals surface area contributed by atoms with Gasteiger partial charge in [0.05, 0.1) is 19.2 Å². The highest BCUT2D eigenvalue weighted by molar-refractivity contribution is 7.13. The number of hydrogen-bond acceptors (Lipinski definition) is 9. The van der Waals surface area contributed by atoms with Gasteiger partial charge < -0.3 is 30.3 Å². The number of pyridine rings is 1. The van der Waals surface area contributed by atoms with Gasteiger partial charge in [-0.25, -0.2) is 9.97 Å². The number of thiazole rings is 1. The first-order valence-electron chi connectivity index (χ1n) is 19.6. The second kappa shape index (κ2) is 14.9. The van der Waals surface area contributed by atoms with Crippen molar-refractivity contribution in [3.05, 3.63) is 77.3 Å². The van der Waals surface area contributed by atoms with Crippen LogP contribution in [0.4, 0.5) is 5.69 Å². The minimum absolute atomic E-state index is 0.106. The molecule has 4 aliphatic rings. The molecule has 3 N–H and O–H groups in total. The van der Waals surface area contributed by atoms with Crippen LogP contribution in [0, 0.1) is 19.8 Å². The summed E-state index contributed by atoms with van der Waals surface area (Å²) in [6, 6.07) is 14.1. The number of fused-ring (bicyclic) bond motifs is 3. The summed E-state index contributed by atoms with van der Waals surface area (Å²) in [5, 5.41) is 13.5. The van der Waals surface area contributed by atoms with Gasteiger partial charge in [-0.1, -0.05) is 43.2 Å². The number of hydrogen-bond donors (Lipinski definition) is 3. The van der Waals surface area contributed by atoms with Crippen LogP contribution >= 0.6 is 11.3 Å². The van der Waals surface area contributed by atoms with Crippen LogP contribution < -0.4 is 25.4 Å². The van der Waals surface area contributed by atoms with Gasteiger partial charge in [-0.2, -0.15) is 0 Å². The number of para-hydroxylation sites is 1. The molecule has 8 rings (SSSR count). The van der Waals surface area contributed by atoms with Gasteiger partial charge in [0.15, 0.2) is 0 Å². The molecule has 2 aromatic heterocycles. The number of carbonyl (C=O) groups is 3. The van der Waals surface area contributed by atoms with Gasteiger partial charge in [0.25, 0.3) is 0 Å². The van der Waals surface area contributed by atoms with Gasteiger partial charge in [-0.15, -0.1) is 11.3 Å². The average Bonchev–Trinajstić information content (AvgIpc) is 3.95. The van der Waals surface area contributed by atoms with E-state index in [1.165, 1.54) is 11.3 Å². The first kappa shape index (κ1) is 37.0. The molecular weight excluding hydrogens is 713 g/mol. The van der Waals surface area contributed by atoms with E-state index < -0.39 is 23.7 Å². The van der Waals surface area contributed by atoms with E-state index in [9.17, 15) is 14.4 Å². The first-order chi connectivity index (χ1) is 26.6. The molecule has 0 radical (unpaired) electrons. The fourth-order valence-corrected chi connectivity index (χ4v) is 8.81. The van der Waals surface area contributed by atoms with Crippen molar-refractivity contribution in [1.82, 2.24) is 25.5 Å². The van der Waals surface area contributed by atoms with Crippen molar-refractivity contribution in [3.8, 4) is 22.2 Å². The summed E-state index contributed by atoms with van der Waals surface area (Å²) in [5.74, 6) is 0.569. The number of anilines is 1. The van der Waals surface area contributed by atoms with E-state index in [1.54, 1.807) is 12.0 Å². The van der Waals surface area contributed by atoms with Crippen LogP contribution in [-0.2, 0) is 14.4 Å². The predicted molar refractivity (Wildman–Crippen MR) is 214 cm³/mol. The standard InChI is InChI=1S/C43H50N6O5S/c1-26-25-55-39(44-26)33-22-36(31-17-18-35(53-4)27(2)37(31)46-33)54-30-21-34-38(50)47-43(41(52)48-42(3)19-20-42)23-28(43)13-9-6-5-7-12-16-32(40(51)49(34)24-30)45-29-14-10-8-11-15-29/h8-11,13-15,17-18,22,25,28,30,32,34,45H,5-7,12,16,19-21,23-24H2,1-4H3,(H,47,50)(H,48,52)/b13-9-/t28-,30-,32+,34+,43-/m1/s1. The van der Waals surface area contributed by atoms with Gasteiger partial charge >= 0.3 is 0 Å². The van der Waals surface area contributed by atoms with Crippen molar-refractivity contribution in [2.75, 3.05) is 19.0 Å². The van der Waals surface area contributed by atoms with E-state index >= 15 is 0 Å². The summed E-state index contributed by atoms with van der Waals surface area (Å²) in [4.78, 5) is 54.7. The number of benzene rings is 2. The molecule has 0 unspecified atom stereocenters. The minimum Gasteiger partial charge on any atom is -0.496 e. The van der Waals surface area contributed by atoms with Crippen molar-refractivity contribution in [2.45, 2.75) is 108 Å². The fraction of sp³-hybridized carbons (Fsp3) is 0.465. The van der Waals surface area contributed by atoms with E-state index in [2.05, 4.69) is 28.1 Å². The summed E-state index contributed by atoms with van der Waals surface area (Å²) in [6.45, 7) is 6.17. The number of carbonyl (C=O) groups excluding carboxylic acids is 3. The minimum atomic E-state index is -1.05. The third kappa shape index (κ3) is 7.65. The van der Waals surface area contributed by atoms with Crippen LogP contribution in [0.5, 0.6) is 11.5 Å². The first-order valence-corrected chi connectivity index (χ1v) is 20.4. The highest BCUT2D eigenvalue weighted by atomic mass is 32.1. The second-order valence-electron chi connectivity index (χ2n) is 16.0. The second-order valence-corrected chi connectivity index (χ2v) is 16.8. The van der Waals surface area contributed by atoms with E-state index in [0.29, 0.717) is 30.0 Å². The maximum absolute atomic E-state index is 14.8. The molecule has 2 aliphatic carbocycles. The van der Waals surface area contributed by atoms with E-state index in [4.69, 9.17) is 19.4 Å². The summed E-state index contributed by atoms with van der Waals surface area (Å²) in [7, 11) is 1.64. The molecule has 2 aliphatic heterocycles. The van der Waals surface area contributed by atoms with Crippen LogP contribution in [0.2, 0.25) is 0 Å². The van der Waals surface area contributed by atoms with Crippen molar-refractivity contribution in [1.29, 1.82) is 0 Å². The van der Waals surface area contributed by atoms with Crippen LogP contribution in [0.1, 0.15) is 76.0 Å². The van der Waals surface area contributed by atoms with Crippen LogP contribution in [0.15, 0.2) is 66.1 Å². The number of aryl methyl sites for hydroxylation is 2. The summed E-state index contributed by atoms with van der Waals surface area (Å²) >= 11 is 1.51. The maximum atomic E-state index is 14.8. The maximum Gasteiger partial charge on any atom is 0.246 e. The number of methoxy groups -OCH3 is 1. The van der Waals surface area contributed by atoms with Crippen molar-refractivity contribution in [3.63, 3.8) is 0 Å². The normalized spacial score (nSPS) is 26.8. The zero-order chi connectivity index (χ0) is 38.3. The molecule has 2 saturated carbocycles. The largest absolute Gasteiger partial charge is 0.496 e. The van der Waals surface area contributed by atoms with Crippen LogP contribution in [0.3, 0.4) is 0 Å². The smallest absolute Gasteiger partial charge is 0.246 e. The zero-order valence-corrected chi connectivity index (χ0v) is 32.8. The Morgan fingerprint density at radius 3 is 2.60 bits per heavy atom. The summed E-state index contributed by atoms with van der Waals surface area (Å²) in [6.07, 6.45) is 10.7. The summed E-state index contributed by atoms with van der Waals surface area (Å²) in [5.41, 5.74) is 2.75. The van der Waals surface area contributed by atoms with Crippen molar-refractivity contribution >= 4 is 45.6 Å². The van der Waals surface area contributed by atoms with E-state index in [0.717, 1.165) is 71.4 Å². The monoisotopic (exact) mass is 762 g/mol. The van der Waals surface area contributed by atoms with E-state index in [-0.39, 0.29) is 42.1 Å². The molecule has 4 aromatic rings. The van der Waals surface area contributed by atoms with Gasteiger partial charge in [0, 0.05) is 51.7 Å². The molecule has 0 spiro atoms. The van der Waals surface area contributed by atoms with E-state index in [1.807, 2.05) is 74.7 Å². The van der Waals surface area contributed by atoms with Gasteiger partial charge in [-0.05, 0) is 83.6 Å². The molecule has 0 bridgehead atoms. The number of ether oxygens (including phenoxy) is 2. The van der Waals surface area contributed by atoms with Crippen LogP contribution in [0.25, 0.3) is 21.6 Å². The lowest BCUT2D eigenvalue weighted by Gasteiger charge is -2.30. The number of allylic oxidation sites excluding steroid dienone is 1. The molecule has 5 atom stereocenters. The Bertz CT molecular complexity index is 2130. The lowest BCUT2D eigenvalue weighted by Crippen LogP contribution is -2.58. The average molecular weight is 763 g/mol. The Morgan fingerprint density at radius 1 is 1.04 bits per heavy atom. The lowest BCUT2D eigenvalue weighted by atomic mass is 10.0. The molecule has 4 heterocycles. The lowest BCUT2D eigenvalue weighted by molar-refractivity contribution is -0.140. The Kier molecular flexibility index (Phi) is 10.0. The molecular formula is C43H50N6O5S. The van der Waals surface area contributed by atoms with Gasteiger partial charge in [0.1, 0.15) is 45.9 Å². The Morgan fingerprint density at radius 2 is 1.85 bits per heavy atom. The fourth-order valence-electron chi connectivity index (χ4n) is 8.06. The van der Waals surface area contributed by atoms with Crippen molar-refractivity contribution in [2.24, 2.45) is 5.92 Å². The third-order valence-electron chi connectivity index (χ3n) is 11.7.